The molecule has 2 aromatic heterocycles. The summed E-state index contributed by atoms with van der Waals surface area (Å²) in [6.45, 7) is 0. The SMILES string of the molecule is Nc1cc(Br)ccc1-c1cc2cccnc2c2ncccc12. The lowest BCUT2D eigenvalue weighted by Crippen LogP contribution is -1.93. The summed E-state index contributed by atoms with van der Waals surface area (Å²) >= 11 is 3.46. The number of benzene rings is 2. The molecule has 4 heteroatoms. The minimum Gasteiger partial charge on any atom is -0.398 e. The Morgan fingerprint density at radius 1 is 0.818 bits per heavy atom. The number of aromatic nitrogens is 2. The third-order valence-corrected chi connectivity index (χ3v) is 4.26. The highest BCUT2D eigenvalue weighted by Crippen LogP contribution is 2.36. The molecule has 0 spiro atoms. The van der Waals surface area contributed by atoms with E-state index in [9.17, 15) is 0 Å². The molecule has 0 unspecified atom stereocenters. The van der Waals surface area contributed by atoms with E-state index in [1.165, 1.54) is 0 Å². The Morgan fingerprint density at radius 2 is 1.59 bits per heavy atom. The molecule has 3 nitrogen and oxygen atoms in total. The van der Waals surface area contributed by atoms with E-state index in [4.69, 9.17) is 5.73 Å². The smallest absolute Gasteiger partial charge is 0.0970 e. The monoisotopic (exact) mass is 349 g/mol. The molecule has 2 heterocycles. The van der Waals surface area contributed by atoms with Crippen LogP contribution in [0.4, 0.5) is 5.69 Å². The average Bonchev–Trinajstić information content (AvgIpc) is 2.54. The molecule has 2 aromatic carbocycles. The summed E-state index contributed by atoms with van der Waals surface area (Å²) in [6, 6.07) is 16.1. The van der Waals surface area contributed by atoms with Gasteiger partial charge in [-0.25, -0.2) is 0 Å². The molecule has 0 amide bonds. The largest absolute Gasteiger partial charge is 0.398 e. The van der Waals surface area contributed by atoms with Crippen molar-refractivity contribution in [2.45, 2.75) is 0 Å². The van der Waals surface area contributed by atoms with E-state index in [2.05, 4.69) is 44.1 Å². The molecule has 0 aliphatic heterocycles. The van der Waals surface area contributed by atoms with Gasteiger partial charge in [-0.3, -0.25) is 9.97 Å². The molecule has 0 saturated heterocycles. The first-order valence-corrected chi connectivity index (χ1v) is 7.71. The number of halogens is 1. The van der Waals surface area contributed by atoms with E-state index in [1.807, 2.05) is 30.3 Å². The summed E-state index contributed by atoms with van der Waals surface area (Å²) in [7, 11) is 0. The maximum atomic E-state index is 6.22. The second kappa shape index (κ2) is 5.07. The molecule has 4 rings (SSSR count). The van der Waals surface area contributed by atoms with E-state index in [0.717, 1.165) is 43.1 Å². The number of fused-ring (bicyclic) bond motifs is 3. The van der Waals surface area contributed by atoms with Crippen molar-refractivity contribution in [2.75, 3.05) is 5.73 Å². The lowest BCUT2D eigenvalue weighted by atomic mass is 9.97. The van der Waals surface area contributed by atoms with E-state index in [1.54, 1.807) is 12.4 Å². The molecule has 2 N–H and O–H groups in total. The van der Waals surface area contributed by atoms with Gasteiger partial charge in [0.25, 0.3) is 0 Å². The lowest BCUT2D eigenvalue weighted by molar-refractivity contribution is 1.37. The average molecular weight is 350 g/mol. The number of nitrogens with two attached hydrogens (primary N) is 1. The van der Waals surface area contributed by atoms with Crippen LogP contribution in [-0.4, -0.2) is 9.97 Å². The number of pyridine rings is 2. The van der Waals surface area contributed by atoms with Gasteiger partial charge in [-0.1, -0.05) is 34.1 Å². The standard InChI is InChI=1S/C18H12BrN3/c19-12-5-6-13(16(20)10-12)15-9-11-3-1-7-21-17(11)18-14(15)4-2-8-22-18/h1-10H,20H2. The van der Waals surface area contributed by atoms with Gasteiger partial charge in [0.05, 0.1) is 11.0 Å². The Hall–Kier alpha value is -2.46. The van der Waals surface area contributed by atoms with Crippen molar-refractivity contribution in [3.8, 4) is 11.1 Å². The molecule has 0 bridgehead atoms. The summed E-state index contributed by atoms with van der Waals surface area (Å²) < 4.78 is 0.971. The van der Waals surface area contributed by atoms with E-state index >= 15 is 0 Å². The third-order valence-electron chi connectivity index (χ3n) is 3.76. The van der Waals surface area contributed by atoms with Crippen LogP contribution in [0.15, 0.2) is 65.4 Å². The summed E-state index contributed by atoms with van der Waals surface area (Å²) in [5.74, 6) is 0. The topological polar surface area (TPSA) is 51.8 Å². The predicted octanol–water partition coefficient (Wildman–Crippen LogP) is 4.79. The number of anilines is 1. The van der Waals surface area contributed by atoms with Crippen LogP contribution in [-0.2, 0) is 0 Å². The van der Waals surface area contributed by atoms with Crippen molar-refractivity contribution in [1.82, 2.24) is 9.97 Å². The zero-order chi connectivity index (χ0) is 15.1. The van der Waals surface area contributed by atoms with Gasteiger partial charge in [0.2, 0.25) is 0 Å². The first kappa shape index (κ1) is 13.2. The zero-order valence-electron chi connectivity index (χ0n) is 11.6. The van der Waals surface area contributed by atoms with E-state index in [0.29, 0.717) is 0 Å². The normalized spacial score (nSPS) is 11.1. The fraction of sp³-hybridized carbons (Fsp3) is 0. The summed E-state index contributed by atoms with van der Waals surface area (Å²) in [6.07, 6.45) is 3.59. The molecule has 106 valence electrons. The minimum absolute atomic E-state index is 0.739. The van der Waals surface area contributed by atoms with Crippen LogP contribution in [0.1, 0.15) is 0 Å². The molecule has 0 aliphatic rings. The maximum Gasteiger partial charge on any atom is 0.0970 e. The van der Waals surface area contributed by atoms with Gasteiger partial charge < -0.3 is 5.73 Å². The summed E-state index contributed by atoms with van der Waals surface area (Å²) in [5, 5.41) is 2.12. The van der Waals surface area contributed by atoms with Gasteiger partial charge in [-0.05, 0) is 35.9 Å². The fourth-order valence-corrected chi connectivity index (χ4v) is 3.16. The van der Waals surface area contributed by atoms with Gasteiger partial charge in [-0.2, -0.15) is 0 Å². The minimum atomic E-state index is 0.739. The van der Waals surface area contributed by atoms with E-state index < -0.39 is 0 Å². The zero-order valence-corrected chi connectivity index (χ0v) is 13.2. The van der Waals surface area contributed by atoms with Crippen LogP contribution in [0, 0.1) is 0 Å². The van der Waals surface area contributed by atoms with Crippen molar-refractivity contribution in [2.24, 2.45) is 0 Å². The predicted molar refractivity (Wildman–Crippen MR) is 94.6 cm³/mol. The van der Waals surface area contributed by atoms with Gasteiger partial charge >= 0.3 is 0 Å². The number of nitrogens with zero attached hydrogens (tertiary/aromatic N) is 2. The van der Waals surface area contributed by atoms with Crippen molar-refractivity contribution in [1.29, 1.82) is 0 Å². The van der Waals surface area contributed by atoms with Gasteiger partial charge in [0.1, 0.15) is 0 Å². The van der Waals surface area contributed by atoms with Crippen LogP contribution in [0.25, 0.3) is 32.9 Å². The Kier molecular flexibility index (Phi) is 3.05. The van der Waals surface area contributed by atoms with Crippen molar-refractivity contribution in [3.63, 3.8) is 0 Å². The highest BCUT2D eigenvalue weighted by atomic mass is 79.9. The Morgan fingerprint density at radius 3 is 2.41 bits per heavy atom. The molecule has 0 fully saturated rings. The molecule has 0 radical (unpaired) electrons. The molecular weight excluding hydrogens is 338 g/mol. The summed E-state index contributed by atoms with van der Waals surface area (Å²) in [4.78, 5) is 9.01. The maximum absolute atomic E-state index is 6.22. The van der Waals surface area contributed by atoms with Crippen LogP contribution in [0.5, 0.6) is 0 Å². The van der Waals surface area contributed by atoms with Crippen LogP contribution >= 0.6 is 15.9 Å². The first-order chi connectivity index (χ1) is 10.7. The number of rotatable bonds is 1. The molecular formula is C18H12BrN3. The first-order valence-electron chi connectivity index (χ1n) is 6.92. The van der Waals surface area contributed by atoms with Crippen LogP contribution in [0.2, 0.25) is 0 Å². The van der Waals surface area contributed by atoms with E-state index in [-0.39, 0.29) is 0 Å². The van der Waals surface area contributed by atoms with Gasteiger partial charge in [0, 0.05) is 38.9 Å². The highest BCUT2D eigenvalue weighted by molar-refractivity contribution is 9.10. The Labute approximate surface area is 135 Å². The number of nitrogen functional groups attached to an aromatic ring is 1. The fourth-order valence-electron chi connectivity index (χ4n) is 2.78. The quantitative estimate of drug-likeness (QED) is 0.396. The number of hydrogen-bond acceptors (Lipinski definition) is 3. The Bertz CT molecular complexity index is 1010. The van der Waals surface area contributed by atoms with Gasteiger partial charge in [-0.15, -0.1) is 0 Å². The summed E-state index contributed by atoms with van der Waals surface area (Å²) in [5.41, 5.74) is 10.9. The van der Waals surface area contributed by atoms with Crippen molar-refractivity contribution >= 4 is 43.4 Å². The molecule has 0 aliphatic carbocycles. The number of hydrogen-bond donors (Lipinski definition) is 1. The third kappa shape index (κ3) is 2.04. The molecule has 22 heavy (non-hydrogen) atoms. The molecule has 0 saturated carbocycles. The highest BCUT2D eigenvalue weighted by Gasteiger charge is 2.12. The van der Waals surface area contributed by atoms with Crippen LogP contribution in [0.3, 0.4) is 0 Å². The van der Waals surface area contributed by atoms with Crippen molar-refractivity contribution < 1.29 is 0 Å². The lowest BCUT2D eigenvalue weighted by Gasteiger charge is -2.11. The Balaban J connectivity index is 2.16. The second-order valence-electron chi connectivity index (χ2n) is 5.13. The molecule has 4 aromatic rings. The second-order valence-corrected chi connectivity index (χ2v) is 6.05. The van der Waals surface area contributed by atoms with Crippen LogP contribution < -0.4 is 5.73 Å². The molecule has 0 atom stereocenters. The van der Waals surface area contributed by atoms with Crippen molar-refractivity contribution in [3.05, 3.63) is 65.4 Å². The van der Waals surface area contributed by atoms with Gasteiger partial charge in [0.15, 0.2) is 0 Å².